The molecule has 0 radical (unpaired) electrons. The third kappa shape index (κ3) is 2.28. The van der Waals surface area contributed by atoms with Gasteiger partial charge in [-0.3, -0.25) is 0 Å². The van der Waals surface area contributed by atoms with Crippen molar-refractivity contribution in [1.29, 1.82) is 0 Å². The van der Waals surface area contributed by atoms with Crippen LogP contribution in [0.25, 0.3) is 0 Å². The van der Waals surface area contributed by atoms with Crippen LogP contribution in [0.5, 0.6) is 5.88 Å². The molecule has 0 atom stereocenters. The number of nitrogens with zero attached hydrogens (tertiary/aromatic N) is 1. The van der Waals surface area contributed by atoms with Crippen LogP contribution < -0.4 is 4.74 Å². The number of methoxy groups -OCH3 is 1. The van der Waals surface area contributed by atoms with Crippen LogP contribution in [-0.4, -0.2) is 20.5 Å². The lowest BCUT2D eigenvalue weighted by atomic mass is 10.5. The molecule has 0 saturated heterocycles. The zero-order valence-electron chi connectivity index (χ0n) is 6.49. The van der Waals surface area contributed by atoms with Crippen LogP contribution in [0.4, 0.5) is 4.39 Å². The van der Waals surface area contributed by atoms with Crippen molar-refractivity contribution in [3.05, 3.63) is 18.1 Å². The second-order valence-corrected chi connectivity index (χ2v) is 4.61. The van der Waals surface area contributed by atoms with E-state index in [-0.39, 0.29) is 10.8 Å². The first-order valence-corrected chi connectivity index (χ1v) is 5.41. The Morgan fingerprint density at radius 1 is 1.54 bits per heavy atom. The van der Waals surface area contributed by atoms with Gasteiger partial charge in [0.15, 0.2) is 0 Å². The summed E-state index contributed by atoms with van der Waals surface area (Å²) in [6, 6.07) is 1.88. The maximum Gasteiger partial charge on any atom is 0.266 e. The normalized spacial score (nSPS) is 11.3. The maximum atomic E-state index is 12.5. The quantitative estimate of drug-likeness (QED) is 0.560. The van der Waals surface area contributed by atoms with Crippen LogP contribution in [0.15, 0.2) is 17.0 Å². The van der Waals surface area contributed by atoms with E-state index in [1.54, 1.807) is 0 Å². The zero-order chi connectivity index (χ0) is 10.1. The Hall–Kier alpha value is -0.880. The van der Waals surface area contributed by atoms with Crippen LogP contribution >= 0.6 is 10.7 Å². The summed E-state index contributed by atoms with van der Waals surface area (Å²) in [4.78, 5) is 2.86. The van der Waals surface area contributed by atoms with Gasteiger partial charge in [0.05, 0.1) is 7.11 Å². The van der Waals surface area contributed by atoms with Gasteiger partial charge in [-0.15, -0.1) is 0 Å². The van der Waals surface area contributed by atoms with E-state index in [1.165, 1.54) is 7.11 Å². The first-order chi connectivity index (χ1) is 5.95. The van der Waals surface area contributed by atoms with Crippen LogP contribution in [-0.2, 0) is 9.05 Å². The first kappa shape index (κ1) is 10.2. The second kappa shape index (κ2) is 3.47. The zero-order valence-corrected chi connectivity index (χ0v) is 8.06. The Balaban J connectivity index is 3.39. The summed E-state index contributed by atoms with van der Waals surface area (Å²) in [5.74, 6) is -1.18. The summed E-state index contributed by atoms with van der Waals surface area (Å²) in [5.41, 5.74) is 0. The van der Waals surface area contributed by atoms with Gasteiger partial charge in [0.25, 0.3) is 9.05 Å². The van der Waals surface area contributed by atoms with Gasteiger partial charge in [-0.1, -0.05) is 0 Å². The Morgan fingerprint density at radius 3 is 2.62 bits per heavy atom. The molecule has 1 aromatic heterocycles. The van der Waals surface area contributed by atoms with E-state index in [9.17, 15) is 12.8 Å². The molecule has 0 amide bonds. The third-order valence-electron chi connectivity index (χ3n) is 1.25. The molecule has 0 aliphatic rings. The minimum Gasteiger partial charge on any atom is -0.480 e. The van der Waals surface area contributed by atoms with Gasteiger partial charge in [0.2, 0.25) is 11.8 Å². The van der Waals surface area contributed by atoms with Crippen LogP contribution in [0.2, 0.25) is 0 Å². The molecule has 0 aromatic carbocycles. The molecule has 0 fully saturated rings. The number of rotatable bonds is 2. The molecular weight excluding hydrogens is 221 g/mol. The highest BCUT2D eigenvalue weighted by molar-refractivity contribution is 8.13. The molecule has 0 unspecified atom stereocenters. The Morgan fingerprint density at radius 2 is 2.15 bits per heavy atom. The van der Waals surface area contributed by atoms with E-state index in [0.717, 1.165) is 12.1 Å². The average molecular weight is 226 g/mol. The number of hydrogen-bond acceptors (Lipinski definition) is 4. The monoisotopic (exact) mass is 225 g/mol. The Labute approximate surface area is 78.7 Å². The fourth-order valence-electron chi connectivity index (χ4n) is 0.737. The van der Waals surface area contributed by atoms with Crippen molar-refractivity contribution in [2.45, 2.75) is 4.90 Å². The van der Waals surface area contributed by atoms with Crippen LogP contribution in [0.1, 0.15) is 0 Å². The predicted molar refractivity (Wildman–Crippen MR) is 43.8 cm³/mol. The third-order valence-corrected chi connectivity index (χ3v) is 2.58. The molecule has 1 rings (SSSR count). The second-order valence-electron chi connectivity index (χ2n) is 2.08. The maximum absolute atomic E-state index is 12.5. The largest absolute Gasteiger partial charge is 0.480 e. The van der Waals surface area contributed by atoms with Gasteiger partial charge in [0, 0.05) is 10.7 Å². The van der Waals surface area contributed by atoms with Crippen molar-refractivity contribution in [3.8, 4) is 5.88 Å². The molecule has 0 aliphatic heterocycles. The summed E-state index contributed by atoms with van der Waals surface area (Å²) in [6.45, 7) is 0. The van der Waals surface area contributed by atoms with Crippen LogP contribution in [0.3, 0.4) is 0 Å². The summed E-state index contributed by atoms with van der Waals surface area (Å²) in [6.07, 6.45) is 0. The predicted octanol–water partition coefficient (Wildman–Crippen LogP) is 1.16. The Kier molecular flexibility index (Phi) is 2.72. The van der Waals surface area contributed by atoms with Gasteiger partial charge in [-0.2, -0.15) is 9.37 Å². The number of hydrogen-bond donors (Lipinski definition) is 0. The van der Waals surface area contributed by atoms with E-state index < -0.39 is 15.0 Å². The standard InChI is InChI=1S/C6H5ClFNO3S/c1-12-6-4(13(7,10)11)2-3-5(8)9-6/h2-3H,1H3. The molecule has 0 N–H and O–H groups in total. The highest BCUT2D eigenvalue weighted by Gasteiger charge is 2.18. The average Bonchev–Trinajstić information content (AvgIpc) is 2.01. The highest BCUT2D eigenvalue weighted by atomic mass is 35.7. The molecule has 0 aliphatic carbocycles. The fourth-order valence-corrected chi connectivity index (χ4v) is 1.66. The molecule has 1 aromatic rings. The van der Waals surface area contributed by atoms with E-state index >= 15 is 0 Å². The molecule has 0 spiro atoms. The van der Waals surface area contributed by atoms with E-state index in [4.69, 9.17) is 10.7 Å². The number of halogens is 2. The first-order valence-electron chi connectivity index (χ1n) is 3.10. The molecule has 4 nitrogen and oxygen atoms in total. The van der Waals surface area contributed by atoms with Crippen molar-refractivity contribution in [2.75, 3.05) is 7.11 Å². The lowest BCUT2D eigenvalue weighted by Crippen LogP contribution is -1.99. The van der Waals surface area contributed by atoms with Gasteiger partial charge >= 0.3 is 0 Å². The summed E-state index contributed by atoms with van der Waals surface area (Å²) in [7, 11) is 2.25. The molecule has 1 heterocycles. The topological polar surface area (TPSA) is 56.3 Å². The van der Waals surface area contributed by atoms with E-state index in [1.807, 2.05) is 0 Å². The highest BCUT2D eigenvalue weighted by Crippen LogP contribution is 2.24. The SMILES string of the molecule is COc1nc(F)ccc1S(=O)(=O)Cl. The van der Waals surface area contributed by atoms with Crippen LogP contribution in [0, 0.1) is 5.95 Å². The van der Waals surface area contributed by atoms with E-state index in [2.05, 4.69) is 9.72 Å². The molecule has 0 saturated carbocycles. The molecule has 13 heavy (non-hydrogen) atoms. The number of ether oxygens (including phenoxy) is 1. The fraction of sp³-hybridized carbons (Fsp3) is 0.167. The Bertz CT molecular complexity index is 420. The molecule has 72 valence electrons. The van der Waals surface area contributed by atoms with Crippen molar-refractivity contribution in [1.82, 2.24) is 4.98 Å². The minimum absolute atomic E-state index is 0.349. The van der Waals surface area contributed by atoms with Gasteiger partial charge in [0.1, 0.15) is 4.90 Å². The number of pyridine rings is 1. The van der Waals surface area contributed by atoms with E-state index in [0.29, 0.717) is 0 Å². The summed E-state index contributed by atoms with van der Waals surface area (Å²) in [5, 5.41) is 0. The van der Waals surface area contributed by atoms with Gasteiger partial charge < -0.3 is 4.74 Å². The van der Waals surface area contributed by atoms with Crippen molar-refractivity contribution in [2.24, 2.45) is 0 Å². The molecular formula is C6H5ClFNO3S. The molecule has 0 bridgehead atoms. The lowest BCUT2D eigenvalue weighted by molar-refractivity contribution is 0.375. The van der Waals surface area contributed by atoms with Gasteiger partial charge in [-0.25, -0.2) is 8.42 Å². The summed E-state index contributed by atoms with van der Waals surface area (Å²) >= 11 is 0. The summed E-state index contributed by atoms with van der Waals surface area (Å²) < 4.78 is 38.7. The molecule has 7 heteroatoms. The minimum atomic E-state index is -3.94. The lowest BCUT2D eigenvalue weighted by Gasteiger charge is -2.02. The smallest absolute Gasteiger partial charge is 0.266 e. The van der Waals surface area contributed by atoms with Gasteiger partial charge in [-0.05, 0) is 12.1 Å². The van der Waals surface area contributed by atoms with Crippen molar-refractivity contribution >= 4 is 19.7 Å². The number of aromatic nitrogens is 1. The van der Waals surface area contributed by atoms with Crippen molar-refractivity contribution in [3.63, 3.8) is 0 Å². The van der Waals surface area contributed by atoms with Crippen molar-refractivity contribution < 1.29 is 17.5 Å².